The van der Waals surface area contributed by atoms with Crippen molar-refractivity contribution in [2.75, 3.05) is 58.4 Å². The van der Waals surface area contributed by atoms with Crippen molar-refractivity contribution in [2.24, 2.45) is 5.92 Å². The van der Waals surface area contributed by atoms with Crippen molar-refractivity contribution < 1.29 is 22.7 Å². The molecule has 2 saturated heterocycles. The molecule has 2 fully saturated rings. The Morgan fingerprint density at radius 2 is 1.85 bits per heavy atom. The molecule has 178 valence electrons. The van der Waals surface area contributed by atoms with Crippen LogP contribution in [0.25, 0.3) is 0 Å². The van der Waals surface area contributed by atoms with E-state index in [1.165, 1.54) is 24.6 Å². The lowest BCUT2D eigenvalue weighted by Gasteiger charge is -2.38. The summed E-state index contributed by atoms with van der Waals surface area (Å²) in [5.74, 6) is 1.41. The van der Waals surface area contributed by atoms with Gasteiger partial charge in [-0.2, -0.15) is 4.31 Å². The van der Waals surface area contributed by atoms with Crippen molar-refractivity contribution in [1.29, 1.82) is 0 Å². The molecule has 1 aromatic heterocycles. The molecule has 2 aliphatic heterocycles. The molecule has 1 aromatic carbocycles. The van der Waals surface area contributed by atoms with E-state index >= 15 is 0 Å². The monoisotopic (exact) mass is 475 g/mol. The second kappa shape index (κ2) is 9.92. The van der Waals surface area contributed by atoms with Gasteiger partial charge < -0.3 is 19.3 Å². The number of methoxy groups -OCH3 is 2. The molecular formula is C22H29N5O5S. The minimum absolute atomic E-state index is 0.0658. The van der Waals surface area contributed by atoms with Crippen molar-refractivity contribution in [3.63, 3.8) is 0 Å². The zero-order chi connectivity index (χ0) is 23.4. The SMILES string of the molecule is COc1ccc(OC)c(S(=O)(=O)N2CCN(C(=O)C3CCCN(c4cnccn4)C3)CC2)c1. The lowest BCUT2D eigenvalue weighted by atomic mass is 9.96. The van der Waals surface area contributed by atoms with Gasteiger partial charge in [0.1, 0.15) is 22.2 Å². The summed E-state index contributed by atoms with van der Waals surface area (Å²) in [6.45, 7) is 2.61. The van der Waals surface area contributed by atoms with Gasteiger partial charge in [-0.1, -0.05) is 0 Å². The standard InChI is InChI=1S/C22H29N5O5S/c1-31-18-5-6-19(32-2)20(14-18)33(29,30)27-12-10-25(11-13-27)22(28)17-4-3-9-26(16-17)21-15-23-7-8-24-21/h5-8,14-15,17H,3-4,9-13,16H2,1-2H3. The summed E-state index contributed by atoms with van der Waals surface area (Å²) in [5.41, 5.74) is 0. The number of amides is 1. The highest BCUT2D eigenvalue weighted by atomic mass is 32.2. The van der Waals surface area contributed by atoms with Gasteiger partial charge >= 0.3 is 0 Å². The summed E-state index contributed by atoms with van der Waals surface area (Å²) in [6.07, 6.45) is 6.71. The van der Waals surface area contributed by atoms with E-state index in [4.69, 9.17) is 9.47 Å². The van der Waals surface area contributed by atoms with Gasteiger partial charge in [0.25, 0.3) is 0 Å². The molecule has 0 N–H and O–H groups in total. The first-order chi connectivity index (χ1) is 15.9. The Hall–Kier alpha value is -2.92. The number of piperazine rings is 1. The van der Waals surface area contributed by atoms with Crippen LogP contribution in [0.2, 0.25) is 0 Å². The Labute approximate surface area is 194 Å². The first-order valence-electron chi connectivity index (χ1n) is 11.0. The number of anilines is 1. The van der Waals surface area contributed by atoms with E-state index in [1.54, 1.807) is 35.6 Å². The van der Waals surface area contributed by atoms with E-state index in [-0.39, 0.29) is 35.6 Å². The van der Waals surface area contributed by atoms with Crippen LogP contribution in [-0.2, 0) is 14.8 Å². The third kappa shape index (κ3) is 4.88. The second-order valence-corrected chi connectivity index (χ2v) is 10.0. The average molecular weight is 476 g/mol. The van der Waals surface area contributed by atoms with E-state index in [0.29, 0.717) is 25.4 Å². The van der Waals surface area contributed by atoms with Crippen molar-refractivity contribution in [3.05, 3.63) is 36.8 Å². The molecule has 1 atom stereocenters. The Bertz CT molecular complexity index is 1070. The predicted molar refractivity (Wildman–Crippen MR) is 122 cm³/mol. The largest absolute Gasteiger partial charge is 0.497 e. The Morgan fingerprint density at radius 3 is 2.52 bits per heavy atom. The second-order valence-electron chi connectivity index (χ2n) is 8.09. The first kappa shape index (κ1) is 23.2. The Morgan fingerprint density at radius 1 is 1.06 bits per heavy atom. The molecule has 0 spiro atoms. The normalized spacial score (nSPS) is 19.9. The topological polar surface area (TPSA) is 105 Å². The fourth-order valence-electron chi connectivity index (χ4n) is 4.37. The number of hydrogen-bond donors (Lipinski definition) is 0. The summed E-state index contributed by atoms with van der Waals surface area (Å²) < 4.78 is 38.4. The highest BCUT2D eigenvalue weighted by molar-refractivity contribution is 7.89. The maximum atomic E-state index is 13.3. The number of nitrogens with zero attached hydrogens (tertiary/aromatic N) is 5. The van der Waals surface area contributed by atoms with Crippen LogP contribution in [0.1, 0.15) is 12.8 Å². The minimum atomic E-state index is -3.79. The summed E-state index contributed by atoms with van der Waals surface area (Å²) in [4.78, 5) is 25.6. The highest BCUT2D eigenvalue weighted by Gasteiger charge is 2.35. The summed E-state index contributed by atoms with van der Waals surface area (Å²) in [7, 11) is -0.867. The number of carbonyl (C=O) groups is 1. The molecule has 4 rings (SSSR count). The Balaban J connectivity index is 1.41. The van der Waals surface area contributed by atoms with E-state index in [1.807, 2.05) is 0 Å². The molecule has 11 heteroatoms. The van der Waals surface area contributed by atoms with Gasteiger partial charge in [-0.3, -0.25) is 9.78 Å². The number of aromatic nitrogens is 2. The molecule has 0 aliphatic carbocycles. The summed E-state index contributed by atoms with van der Waals surface area (Å²) in [6, 6.07) is 4.70. The number of hydrogen-bond acceptors (Lipinski definition) is 8. The Kier molecular flexibility index (Phi) is 6.99. The van der Waals surface area contributed by atoms with Crippen LogP contribution in [0, 0.1) is 5.92 Å². The minimum Gasteiger partial charge on any atom is -0.497 e. The van der Waals surface area contributed by atoms with Gasteiger partial charge in [-0.15, -0.1) is 0 Å². The van der Waals surface area contributed by atoms with E-state index in [0.717, 1.165) is 25.2 Å². The maximum Gasteiger partial charge on any atom is 0.247 e. The molecular weight excluding hydrogens is 446 g/mol. The number of sulfonamides is 1. The number of rotatable bonds is 6. The fourth-order valence-corrected chi connectivity index (χ4v) is 5.97. The molecule has 10 nitrogen and oxygen atoms in total. The predicted octanol–water partition coefficient (Wildman–Crippen LogP) is 1.24. The van der Waals surface area contributed by atoms with Gasteiger partial charge in [0, 0.05) is 57.7 Å². The van der Waals surface area contributed by atoms with Crippen molar-refractivity contribution in [2.45, 2.75) is 17.7 Å². The third-order valence-electron chi connectivity index (χ3n) is 6.18. The molecule has 0 bridgehead atoms. The van der Waals surface area contributed by atoms with Crippen LogP contribution in [-0.4, -0.2) is 87.0 Å². The van der Waals surface area contributed by atoms with Gasteiger partial charge in [0.2, 0.25) is 15.9 Å². The van der Waals surface area contributed by atoms with Crippen molar-refractivity contribution in [1.82, 2.24) is 19.2 Å². The molecule has 1 amide bonds. The lowest BCUT2D eigenvalue weighted by molar-refractivity contribution is -0.137. The van der Waals surface area contributed by atoms with Gasteiger partial charge in [-0.25, -0.2) is 13.4 Å². The van der Waals surface area contributed by atoms with E-state index < -0.39 is 10.0 Å². The molecule has 3 heterocycles. The van der Waals surface area contributed by atoms with Gasteiger partial charge in [0.15, 0.2) is 0 Å². The smallest absolute Gasteiger partial charge is 0.247 e. The molecule has 0 saturated carbocycles. The average Bonchev–Trinajstić information content (AvgIpc) is 2.88. The van der Waals surface area contributed by atoms with Crippen molar-refractivity contribution >= 4 is 21.7 Å². The third-order valence-corrected chi connectivity index (χ3v) is 8.10. The summed E-state index contributed by atoms with van der Waals surface area (Å²) >= 11 is 0. The van der Waals surface area contributed by atoms with Crippen LogP contribution in [0.3, 0.4) is 0 Å². The zero-order valence-electron chi connectivity index (χ0n) is 18.9. The van der Waals surface area contributed by atoms with Crippen molar-refractivity contribution in [3.8, 4) is 11.5 Å². The van der Waals surface area contributed by atoms with Crippen LogP contribution >= 0.6 is 0 Å². The molecule has 2 aliphatic rings. The summed E-state index contributed by atoms with van der Waals surface area (Å²) in [5, 5.41) is 0. The number of carbonyl (C=O) groups excluding carboxylic acids is 1. The first-order valence-corrected chi connectivity index (χ1v) is 12.4. The van der Waals surface area contributed by atoms with Gasteiger partial charge in [0.05, 0.1) is 26.3 Å². The number of ether oxygens (including phenoxy) is 2. The molecule has 33 heavy (non-hydrogen) atoms. The maximum absolute atomic E-state index is 13.3. The number of benzene rings is 1. The highest BCUT2D eigenvalue weighted by Crippen LogP contribution is 2.31. The van der Waals surface area contributed by atoms with Gasteiger partial charge in [-0.05, 0) is 25.0 Å². The quantitative estimate of drug-likeness (QED) is 0.615. The lowest BCUT2D eigenvalue weighted by Crippen LogP contribution is -2.53. The van der Waals surface area contributed by atoms with Crippen LogP contribution in [0.5, 0.6) is 11.5 Å². The van der Waals surface area contributed by atoms with Crippen LogP contribution in [0.4, 0.5) is 5.82 Å². The molecule has 1 unspecified atom stereocenters. The van der Waals surface area contributed by atoms with Crippen LogP contribution in [0.15, 0.2) is 41.7 Å². The van der Waals surface area contributed by atoms with E-state index in [2.05, 4.69) is 14.9 Å². The molecule has 0 radical (unpaired) electrons. The zero-order valence-corrected chi connectivity index (χ0v) is 19.7. The number of piperidine rings is 1. The van der Waals surface area contributed by atoms with Crippen LogP contribution < -0.4 is 14.4 Å². The van der Waals surface area contributed by atoms with E-state index in [9.17, 15) is 13.2 Å². The fraction of sp³-hybridized carbons (Fsp3) is 0.500. The molecule has 2 aromatic rings.